The Labute approximate surface area is 95.0 Å². The van der Waals surface area contributed by atoms with Crippen LogP contribution < -0.4 is 10.6 Å². The SMILES string of the molecule is COC(=O)Nc1ccccc1[C@@H]1CCCN1. The van der Waals surface area contributed by atoms with Crippen molar-refractivity contribution in [1.29, 1.82) is 0 Å². The summed E-state index contributed by atoms with van der Waals surface area (Å²) in [5.74, 6) is 0. The largest absolute Gasteiger partial charge is 0.453 e. The molecule has 0 aromatic heterocycles. The molecule has 0 bridgehead atoms. The van der Waals surface area contributed by atoms with Gasteiger partial charge in [-0.1, -0.05) is 18.2 Å². The first-order valence-corrected chi connectivity index (χ1v) is 5.48. The Kier molecular flexibility index (Phi) is 3.41. The monoisotopic (exact) mass is 220 g/mol. The maximum absolute atomic E-state index is 11.2. The number of para-hydroxylation sites is 1. The molecule has 1 aliphatic rings. The van der Waals surface area contributed by atoms with Gasteiger partial charge in [0, 0.05) is 11.7 Å². The van der Waals surface area contributed by atoms with E-state index in [1.54, 1.807) is 0 Å². The normalized spacial score (nSPS) is 19.4. The summed E-state index contributed by atoms with van der Waals surface area (Å²) in [5.41, 5.74) is 1.96. The van der Waals surface area contributed by atoms with E-state index in [0.29, 0.717) is 6.04 Å². The minimum atomic E-state index is -0.426. The molecule has 1 saturated heterocycles. The Hall–Kier alpha value is -1.55. The van der Waals surface area contributed by atoms with E-state index in [-0.39, 0.29) is 0 Å². The average Bonchev–Trinajstić information content (AvgIpc) is 2.83. The molecule has 0 radical (unpaired) electrons. The number of methoxy groups -OCH3 is 1. The van der Waals surface area contributed by atoms with E-state index in [0.717, 1.165) is 24.2 Å². The summed E-state index contributed by atoms with van der Waals surface area (Å²) in [4.78, 5) is 11.2. The Morgan fingerprint density at radius 1 is 1.50 bits per heavy atom. The van der Waals surface area contributed by atoms with Gasteiger partial charge in [-0.2, -0.15) is 0 Å². The minimum absolute atomic E-state index is 0.341. The second-order valence-electron chi connectivity index (χ2n) is 3.85. The van der Waals surface area contributed by atoms with Crippen LogP contribution in [0.1, 0.15) is 24.4 Å². The maximum Gasteiger partial charge on any atom is 0.411 e. The molecule has 1 aromatic carbocycles. The molecule has 1 fully saturated rings. The van der Waals surface area contributed by atoms with Crippen molar-refractivity contribution in [2.75, 3.05) is 19.0 Å². The lowest BCUT2D eigenvalue weighted by molar-refractivity contribution is 0.187. The number of carbonyl (C=O) groups excluding carboxylic acids is 1. The fraction of sp³-hybridized carbons (Fsp3) is 0.417. The van der Waals surface area contributed by atoms with E-state index >= 15 is 0 Å². The average molecular weight is 220 g/mol. The predicted octanol–water partition coefficient (Wildman–Crippen LogP) is 2.29. The van der Waals surface area contributed by atoms with E-state index in [2.05, 4.69) is 15.4 Å². The van der Waals surface area contributed by atoms with E-state index in [1.807, 2.05) is 24.3 Å². The summed E-state index contributed by atoms with van der Waals surface area (Å²) in [6.45, 7) is 1.04. The zero-order valence-electron chi connectivity index (χ0n) is 9.32. The summed E-state index contributed by atoms with van der Waals surface area (Å²) >= 11 is 0. The highest BCUT2D eigenvalue weighted by molar-refractivity contribution is 5.85. The van der Waals surface area contributed by atoms with Crippen molar-refractivity contribution < 1.29 is 9.53 Å². The Bertz CT molecular complexity index is 373. The lowest BCUT2D eigenvalue weighted by Crippen LogP contribution is -2.17. The van der Waals surface area contributed by atoms with Gasteiger partial charge in [0.05, 0.1) is 7.11 Å². The van der Waals surface area contributed by atoms with Crippen molar-refractivity contribution in [3.05, 3.63) is 29.8 Å². The summed E-state index contributed by atoms with van der Waals surface area (Å²) in [7, 11) is 1.37. The number of anilines is 1. The molecule has 1 heterocycles. The molecule has 16 heavy (non-hydrogen) atoms. The molecular weight excluding hydrogens is 204 g/mol. The van der Waals surface area contributed by atoms with Crippen LogP contribution >= 0.6 is 0 Å². The van der Waals surface area contributed by atoms with Crippen molar-refractivity contribution in [2.24, 2.45) is 0 Å². The zero-order valence-corrected chi connectivity index (χ0v) is 9.32. The van der Waals surface area contributed by atoms with Gasteiger partial charge in [-0.3, -0.25) is 5.32 Å². The fourth-order valence-electron chi connectivity index (χ4n) is 2.03. The second-order valence-corrected chi connectivity index (χ2v) is 3.85. The molecule has 2 N–H and O–H groups in total. The van der Waals surface area contributed by atoms with Crippen molar-refractivity contribution in [1.82, 2.24) is 5.32 Å². The molecule has 4 nitrogen and oxygen atoms in total. The predicted molar refractivity (Wildman–Crippen MR) is 62.4 cm³/mol. The Balaban J connectivity index is 2.19. The molecule has 4 heteroatoms. The number of benzene rings is 1. The standard InChI is InChI=1S/C12H16N2O2/c1-16-12(15)14-11-6-3-2-5-9(11)10-7-4-8-13-10/h2-3,5-6,10,13H,4,7-8H2,1H3,(H,14,15)/t10-/m0/s1. The molecule has 0 aliphatic carbocycles. The first-order valence-electron chi connectivity index (χ1n) is 5.48. The highest BCUT2D eigenvalue weighted by atomic mass is 16.5. The van der Waals surface area contributed by atoms with Crippen LogP contribution in [0, 0.1) is 0 Å². The van der Waals surface area contributed by atoms with Crippen LogP contribution in [-0.4, -0.2) is 19.7 Å². The number of hydrogen-bond donors (Lipinski definition) is 2. The quantitative estimate of drug-likeness (QED) is 0.804. The smallest absolute Gasteiger partial charge is 0.411 e. The second kappa shape index (κ2) is 4.99. The van der Waals surface area contributed by atoms with Crippen LogP contribution in [0.3, 0.4) is 0 Å². The Morgan fingerprint density at radius 3 is 3.00 bits per heavy atom. The molecule has 1 aromatic rings. The molecule has 86 valence electrons. The number of carbonyl (C=O) groups is 1. The van der Waals surface area contributed by atoms with Crippen LogP contribution in [-0.2, 0) is 4.74 Å². The van der Waals surface area contributed by atoms with Crippen molar-refractivity contribution in [3.63, 3.8) is 0 Å². The highest BCUT2D eigenvalue weighted by Gasteiger charge is 2.19. The summed E-state index contributed by atoms with van der Waals surface area (Å²) < 4.78 is 4.60. The maximum atomic E-state index is 11.2. The van der Waals surface area contributed by atoms with Crippen LogP contribution in [0.4, 0.5) is 10.5 Å². The van der Waals surface area contributed by atoms with Gasteiger partial charge in [-0.15, -0.1) is 0 Å². The number of rotatable bonds is 2. The van der Waals surface area contributed by atoms with E-state index in [9.17, 15) is 4.79 Å². The third-order valence-corrected chi connectivity index (χ3v) is 2.82. The first-order chi connectivity index (χ1) is 7.81. The molecular formula is C12H16N2O2. The topological polar surface area (TPSA) is 50.4 Å². The lowest BCUT2D eigenvalue weighted by Gasteiger charge is -2.15. The van der Waals surface area contributed by atoms with Crippen LogP contribution in [0.2, 0.25) is 0 Å². The molecule has 1 amide bonds. The lowest BCUT2D eigenvalue weighted by atomic mass is 10.0. The summed E-state index contributed by atoms with van der Waals surface area (Å²) in [6.07, 6.45) is 1.86. The number of ether oxygens (including phenoxy) is 1. The van der Waals surface area contributed by atoms with Gasteiger partial charge >= 0.3 is 6.09 Å². The van der Waals surface area contributed by atoms with Gasteiger partial charge < -0.3 is 10.1 Å². The van der Waals surface area contributed by atoms with Gasteiger partial charge in [-0.25, -0.2) is 4.79 Å². The van der Waals surface area contributed by atoms with Crippen LogP contribution in [0.25, 0.3) is 0 Å². The molecule has 1 aliphatic heterocycles. The van der Waals surface area contributed by atoms with E-state index < -0.39 is 6.09 Å². The van der Waals surface area contributed by atoms with E-state index in [4.69, 9.17) is 0 Å². The molecule has 0 saturated carbocycles. The highest BCUT2D eigenvalue weighted by Crippen LogP contribution is 2.28. The zero-order chi connectivity index (χ0) is 11.4. The summed E-state index contributed by atoms with van der Waals surface area (Å²) in [6, 6.07) is 8.16. The van der Waals surface area contributed by atoms with Crippen LogP contribution in [0.15, 0.2) is 24.3 Å². The minimum Gasteiger partial charge on any atom is -0.453 e. The number of hydrogen-bond acceptors (Lipinski definition) is 3. The van der Waals surface area contributed by atoms with Crippen LogP contribution in [0.5, 0.6) is 0 Å². The van der Waals surface area contributed by atoms with Gasteiger partial charge in [-0.05, 0) is 31.0 Å². The molecule has 1 atom stereocenters. The van der Waals surface area contributed by atoms with Gasteiger partial charge in [0.2, 0.25) is 0 Å². The third kappa shape index (κ3) is 2.33. The van der Waals surface area contributed by atoms with Crippen molar-refractivity contribution >= 4 is 11.8 Å². The Morgan fingerprint density at radius 2 is 2.31 bits per heavy atom. The third-order valence-electron chi connectivity index (χ3n) is 2.82. The van der Waals surface area contributed by atoms with Gasteiger partial charge in [0.15, 0.2) is 0 Å². The first kappa shape index (κ1) is 11.0. The van der Waals surface area contributed by atoms with Crippen molar-refractivity contribution in [3.8, 4) is 0 Å². The molecule has 0 spiro atoms. The van der Waals surface area contributed by atoms with Gasteiger partial charge in [0.25, 0.3) is 0 Å². The van der Waals surface area contributed by atoms with E-state index in [1.165, 1.54) is 13.5 Å². The van der Waals surface area contributed by atoms with Crippen molar-refractivity contribution in [2.45, 2.75) is 18.9 Å². The van der Waals surface area contributed by atoms with Gasteiger partial charge in [0.1, 0.15) is 0 Å². The number of nitrogens with one attached hydrogen (secondary N) is 2. The molecule has 2 rings (SSSR count). The fourth-order valence-corrected chi connectivity index (χ4v) is 2.03. The summed E-state index contributed by atoms with van der Waals surface area (Å²) in [5, 5.41) is 6.15. The number of amides is 1. The molecule has 0 unspecified atom stereocenters.